The number of halogens is 1. The molecule has 1 unspecified atom stereocenters. The molecule has 1 aromatic carbocycles. The van der Waals surface area contributed by atoms with Gasteiger partial charge in [0.15, 0.2) is 11.0 Å². The molecule has 35 heavy (non-hydrogen) atoms. The second kappa shape index (κ2) is 10.6. The van der Waals surface area contributed by atoms with Crippen LogP contribution in [-0.2, 0) is 22.2 Å². The molecule has 2 aliphatic rings. The van der Waals surface area contributed by atoms with Crippen LogP contribution in [0.15, 0.2) is 57.8 Å². The maximum Gasteiger partial charge on any atom is 0.331 e. The van der Waals surface area contributed by atoms with Crippen molar-refractivity contribution in [2.24, 2.45) is 0 Å². The Morgan fingerprint density at radius 3 is 2.63 bits per heavy atom. The lowest BCUT2D eigenvalue weighted by atomic mass is 9.97. The van der Waals surface area contributed by atoms with Gasteiger partial charge in [0.05, 0.1) is 26.9 Å². The first-order valence-electron chi connectivity index (χ1n) is 10.7. The van der Waals surface area contributed by atoms with Crippen molar-refractivity contribution < 1.29 is 18.6 Å². The molecule has 4 amide bonds. The molecule has 3 N–H and O–H groups in total. The Morgan fingerprint density at radius 1 is 1.26 bits per heavy atom. The maximum absolute atomic E-state index is 13.0. The minimum absolute atomic E-state index is 0.0805. The van der Waals surface area contributed by atoms with Gasteiger partial charge in [-0.1, -0.05) is 36.0 Å². The number of carbonyl (C=O) groups excluding carboxylic acids is 3. The Kier molecular flexibility index (Phi) is 7.58. The zero-order valence-corrected chi connectivity index (χ0v) is 21.1. The van der Waals surface area contributed by atoms with Crippen molar-refractivity contribution in [2.45, 2.75) is 32.2 Å². The van der Waals surface area contributed by atoms with Crippen LogP contribution in [0.25, 0.3) is 0 Å². The third-order valence-electron chi connectivity index (χ3n) is 5.13. The van der Waals surface area contributed by atoms with Gasteiger partial charge in [-0.05, 0) is 55.7 Å². The van der Waals surface area contributed by atoms with E-state index in [9.17, 15) is 18.6 Å². The van der Waals surface area contributed by atoms with E-state index in [4.69, 9.17) is 11.6 Å². The summed E-state index contributed by atoms with van der Waals surface area (Å²) in [7, 11) is -1.83. The molecule has 1 aliphatic heterocycles. The lowest BCUT2D eigenvalue weighted by Crippen LogP contribution is -2.43. The average molecular weight is 532 g/mol. The van der Waals surface area contributed by atoms with Crippen molar-refractivity contribution in [3.05, 3.63) is 68.9 Å². The maximum atomic E-state index is 13.0. The number of carbonyl (C=O) groups is 3. The Hall–Kier alpha value is -3.15. The normalized spacial score (nSPS) is 16.4. The van der Waals surface area contributed by atoms with Crippen LogP contribution in [0.3, 0.4) is 0 Å². The molecule has 0 bridgehead atoms. The van der Waals surface area contributed by atoms with Gasteiger partial charge in [-0.2, -0.15) is 0 Å². The van der Waals surface area contributed by atoms with E-state index in [0.29, 0.717) is 21.4 Å². The SMILES string of the molecule is C=C(Cl)S/C(=C\C)S(=O)NC(=O)Nc1ccc(N2C(=O)Cc3cc(NC4CC4)ccc3C2=O)nc1. The topological polar surface area (TPSA) is 121 Å². The number of allylic oxidation sites excluding steroid dienone is 1. The summed E-state index contributed by atoms with van der Waals surface area (Å²) >= 11 is 6.70. The van der Waals surface area contributed by atoms with Gasteiger partial charge in [0.2, 0.25) is 5.91 Å². The van der Waals surface area contributed by atoms with E-state index in [1.54, 1.807) is 19.1 Å². The van der Waals surface area contributed by atoms with Crippen LogP contribution in [0.1, 0.15) is 35.7 Å². The number of rotatable bonds is 8. The van der Waals surface area contributed by atoms with Crippen LogP contribution in [0.2, 0.25) is 0 Å². The molecule has 12 heteroatoms. The van der Waals surface area contributed by atoms with Gasteiger partial charge >= 0.3 is 6.03 Å². The fourth-order valence-corrected chi connectivity index (χ4v) is 5.39. The zero-order chi connectivity index (χ0) is 25.1. The van der Waals surface area contributed by atoms with Gasteiger partial charge < -0.3 is 10.6 Å². The first-order chi connectivity index (χ1) is 16.7. The summed E-state index contributed by atoms with van der Waals surface area (Å²) < 4.78 is 15.1. The van der Waals surface area contributed by atoms with E-state index in [2.05, 4.69) is 26.9 Å². The number of hydrogen-bond donors (Lipinski definition) is 3. The molecule has 9 nitrogen and oxygen atoms in total. The number of benzene rings is 1. The summed E-state index contributed by atoms with van der Waals surface area (Å²) in [5.41, 5.74) is 2.32. The van der Waals surface area contributed by atoms with E-state index in [0.717, 1.165) is 35.2 Å². The molecule has 0 saturated heterocycles. The fraction of sp³-hybridized carbons (Fsp3) is 0.217. The summed E-state index contributed by atoms with van der Waals surface area (Å²) in [4.78, 5) is 43.2. The van der Waals surface area contributed by atoms with Gasteiger partial charge in [-0.3, -0.25) is 14.3 Å². The summed E-state index contributed by atoms with van der Waals surface area (Å²) in [6.45, 7) is 5.18. The molecule has 1 fully saturated rings. The van der Waals surface area contributed by atoms with Gasteiger partial charge in [-0.25, -0.2) is 18.9 Å². The lowest BCUT2D eigenvalue weighted by Gasteiger charge is -2.26. The van der Waals surface area contributed by atoms with Crippen molar-refractivity contribution in [3.8, 4) is 0 Å². The molecular formula is C23H22ClN5O4S2. The Labute approximate surface area is 214 Å². The highest BCUT2D eigenvalue weighted by Gasteiger charge is 2.33. The fourth-order valence-electron chi connectivity index (χ4n) is 3.41. The predicted molar refractivity (Wildman–Crippen MR) is 139 cm³/mol. The molecule has 2 aromatic rings. The lowest BCUT2D eigenvalue weighted by molar-refractivity contribution is -0.117. The molecule has 1 aromatic heterocycles. The molecular weight excluding hydrogens is 510 g/mol. The van der Waals surface area contributed by atoms with Crippen molar-refractivity contribution in [3.63, 3.8) is 0 Å². The first kappa shape index (κ1) is 25.0. The average Bonchev–Trinajstić information content (AvgIpc) is 3.62. The second-order valence-corrected chi connectivity index (χ2v) is 11.1. The molecule has 0 radical (unpaired) electrons. The highest BCUT2D eigenvalue weighted by atomic mass is 35.5. The number of hydrogen-bond acceptors (Lipinski definition) is 7. The van der Waals surface area contributed by atoms with Crippen molar-refractivity contribution >= 4 is 69.4 Å². The van der Waals surface area contributed by atoms with Crippen LogP contribution >= 0.6 is 23.4 Å². The van der Waals surface area contributed by atoms with E-state index < -0.39 is 22.9 Å². The minimum Gasteiger partial charge on any atom is -0.382 e. The van der Waals surface area contributed by atoms with Gasteiger partial charge in [-0.15, -0.1) is 0 Å². The number of aromatic nitrogens is 1. The number of fused-ring (bicyclic) bond motifs is 1. The molecule has 182 valence electrons. The molecule has 4 rings (SSSR count). The van der Waals surface area contributed by atoms with Gasteiger partial charge in [0.1, 0.15) is 5.82 Å². The van der Waals surface area contributed by atoms with Crippen LogP contribution < -0.4 is 20.3 Å². The van der Waals surface area contributed by atoms with Gasteiger partial charge in [0, 0.05) is 17.3 Å². The molecule has 0 spiro atoms. The van der Waals surface area contributed by atoms with E-state index >= 15 is 0 Å². The largest absolute Gasteiger partial charge is 0.382 e. The van der Waals surface area contributed by atoms with Crippen molar-refractivity contribution in [2.75, 3.05) is 15.5 Å². The van der Waals surface area contributed by atoms with Crippen LogP contribution in [0.4, 0.5) is 22.0 Å². The first-order valence-corrected chi connectivity index (χ1v) is 13.0. The number of anilines is 3. The number of nitrogens with one attached hydrogen (secondary N) is 3. The minimum atomic E-state index is -1.83. The van der Waals surface area contributed by atoms with Gasteiger partial charge in [0.25, 0.3) is 5.91 Å². The quantitative estimate of drug-likeness (QED) is 0.429. The summed E-state index contributed by atoms with van der Waals surface area (Å²) in [6.07, 6.45) is 5.19. The molecule has 1 aliphatic carbocycles. The monoisotopic (exact) mass is 531 g/mol. The van der Waals surface area contributed by atoms with Crippen molar-refractivity contribution in [1.29, 1.82) is 0 Å². The zero-order valence-electron chi connectivity index (χ0n) is 18.7. The van der Waals surface area contributed by atoms with Crippen LogP contribution in [0, 0.1) is 0 Å². The Bertz CT molecular complexity index is 1260. The summed E-state index contributed by atoms with van der Waals surface area (Å²) in [6, 6.07) is 8.10. The number of amides is 4. The van der Waals surface area contributed by atoms with Crippen molar-refractivity contribution in [1.82, 2.24) is 9.71 Å². The third kappa shape index (κ3) is 6.11. The summed E-state index contributed by atoms with van der Waals surface area (Å²) in [5.74, 6) is -0.689. The molecule has 1 saturated carbocycles. The highest BCUT2D eigenvalue weighted by Crippen LogP contribution is 2.30. The predicted octanol–water partition coefficient (Wildman–Crippen LogP) is 4.48. The van der Waals surface area contributed by atoms with E-state index in [1.165, 1.54) is 18.3 Å². The third-order valence-corrected chi connectivity index (χ3v) is 7.69. The van der Waals surface area contributed by atoms with Crippen LogP contribution in [-0.4, -0.2) is 33.1 Å². The summed E-state index contributed by atoms with van der Waals surface area (Å²) in [5, 5.41) is 5.88. The molecule has 2 heterocycles. The second-order valence-electron chi connectivity index (χ2n) is 7.80. The Balaban J connectivity index is 1.41. The number of pyridine rings is 1. The number of urea groups is 1. The molecule has 1 atom stereocenters. The Morgan fingerprint density at radius 2 is 2.00 bits per heavy atom. The smallest absolute Gasteiger partial charge is 0.331 e. The number of imide groups is 1. The van der Waals surface area contributed by atoms with Crippen LogP contribution in [0.5, 0.6) is 0 Å². The number of thioether (sulfide) groups is 1. The highest BCUT2D eigenvalue weighted by molar-refractivity contribution is 8.19. The standard InChI is InChI=1S/C23H22ClN5O4S2/c1-3-21(34-13(2)24)35(33)28-23(32)27-17-7-9-19(25-12-17)29-20(30)11-14-10-16(26-15-4-5-15)6-8-18(14)22(29)31/h3,6-10,12,15,26H,2,4-5,11H2,1H3,(H2,27,28,32)/b21-3+. The number of nitrogens with zero attached hydrogens (tertiary/aromatic N) is 2. The van der Waals surface area contributed by atoms with E-state index in [1.807, 2.05) is 12.1 Å². The van der Waals surface area contributed by atoms with E-state index in [-0.39, 0.29) is 28.2 Å².